The molecule has 0 saturated heterocycles. The molecular formula is C4H6N2O3. The lowest BCUT2D eigenvalue weighted by atomic mass is 10.7. The van der Waals surface area contributed by atoms with Crippen LogP contribution in [0.5, 0.6) is 0 Å². The van der Waals surface area contributed by atoms with Gasteiger partial charge in [0.1, 0.15) is 0 Å². The van der Waals surface area contributed by atoms with Gasteiger partial charge in [0.15, 0.2) is 0 Å². The van der Waals surface area contributed by atoms with Gasteiger partial charge in [0.2, 0.25) is 0 Å². The molecule has 0 fully saturated rings. The summed E-state index contributed by atoms with van der Waals surface area (Å²) in [5.41, 5.74) is 6.15. The Morgan fingerprint density at radius 1 is 1.67 bits per heavy atom. The first-order valence-corrected chi connectivity index (χ1v) is 2.05. The molecule has 50 valence electrons. The highest BCUT2D eigenvalue weighted by molar-refractivity contribution is 5.82. The third-order valence-electron chi connectivity index (χ3n) is 0.419. The van der Waals surface area contributed by atoms with E-state index in [1.54, 1.807) is 5.48 Å². The molecule has 0 radical (unpaired) electrons. The highest BCUT2D eigenvalue weighted by atomic mass is 16.7. The van der Waals surface area contributed by atoms with Crippen LogP contribution in [0.3, 0.4) is 0 Å². The van der Waals surface area contributed by atoms with Crippen LogP contribution in [0.1, 0.15) is 0 Å². The average molecular weight is 130 g/mol. The van der Waals surface area contributed by atoms with E-state index in [9.17, 15) is 9.59 Å². The lowest BCUT2D eigenvalue weighted by molar-refractivity contribution is -0.142. The van der Waals surface area contributed by atoms with Gasteiger partial charge in [-0.05, 0) is 0 Å². The summed E-state index contributed by atoms with van der Waals surface area (Å²) < 4.78 is 0. The van der Waals surface area contributed by atoms with Crippen molar-refractivity contribution in [1.29, 1.82) is 0 Å². The van der Waals surface area contributed by atoms with Gasteiger partial charge in [-0.1, -0.05) is 6.58 Å². The zero-order valence-corrected chi connectivity index (χ0v) is 4.59. The minimum absolute atomic E-state index is 0.756. The molecular weight excluding hydrogens is 124 g/mol. The van der Waals surface area contributed by atoms with E-state index in [1.165, 1.54) is 0 Å². The number of hydrogen-bond donors (Lipinski definition) is 2. The van der Waals surface area contributed by atoms with Gasteiger partial charge in [0.25, 0.3) is 0 Å². The monoisotopic (exact) mass is 130 g/mol. The van der Waals surface area contributed by atoms with Gasteiger partial charge in [-0.15, -0.1) is 0 Å². The summed E-state index contributed by atoms with van der Waals surface area (Å²) in [4.78, 5) is 23.9. The Bertz CT molecular complexity index is 143. The fourth-order valence-corrected chi connectivity index (χ4v) is 0.142. The zero-order valence-electron chi connectivity index (χ0n) is 4.59. The van der Waals surface area contributed by atoms with Gasteiger partial charge in [-0.2, -0.15) is 5.48 Å². The number of nitrogens with two attached hydrogens (primary N) is 1. The highest BCUT2D eigenvalue weighted by Gasteiger charge is 1.95. The second-order valence-electron chi connectivity index (χ2n) is 1.09. The number of rotatable bonds is 1. The molecule has 0 atom stereocenters. The molecule has 0 unspecified atom stereocenters. The van der Waals surface area contributed by atoms with E-state index in [0.29, 0.717) is 0 Å². The first-order valence-electron chi connectivity index (χ1n) is 2.05. The highest BCUT2D eigenvalue weighted by Crippen LogP contribution is 1.70. The van der Waals surface area contributed by atoms with Gasteiger partial charge < -0.3 is 10.6 Å². The maximum Gasteiger partial charge on any atom is 0.355 e. The van der Waals surface area contributed by atoms with Crippen LogP contribution < -0.4 is 11.2 Å². The smallest absolute Gasteiger partial charge is 0.349 e. The van der Waals surface area contributed by atoms with E-state index in [4.69, 9.17) is 0 Å². The number of carbonyl (C=O) groups excluding carboxylic acids is 2. The summed E-state index contributed by atoms with van der Waals surface area (Å²) in [6, 6.07) is -0.926. The molecule has 0 aromatic heterocycles. The van der Waals surface area contributed by atoms with Crippen LogP contribution >= 0.6 is 0 Å². The molecule has 0 saturated carbocycles. The van der Waals surface area contributed by atoms with Gasteiger partial charge >= 0.3 is 12.0 Å². The topological polar surface area (TPSA) is 81.4 Å². The Balaban J connectivity index is 3.39. The van der Waals surface area contributed by atoms with Crippen LogP contribution in [0.15, 0.2) is 12.7 Å². The van der Waals surface area contributed by atoms with Crippen molar-refractivity contribution >= 4 is 12.0 Å². The lowest BCUT2D eigenvalue weighted by Crippen LogP contribution is -2.31. The SMILES string of the molecule is C=CC(=O)ONC(N)=O. The second-order valence-corrected chi connectivity index (χ2v) is 1.09. The number of carbonyl (C=O) groups is 2. The molecule has 0 aromatic carbocycles. The number of amides is 2. The van der Waals surface area contributed by atoms with Gasteiger partial charge in [0.05, 0.1) is 0 Å². The van der Waals surface area contributed by atoms with Crippen LogP contribution in [0.25, 0.3) is 0 Å². The van der Waals surface area contributed by atoms with Crippen molar-refractivity contribution in [3.63, 3.8) is 0 Å². The minimum atomic E-state index is -0.926. The Labute approximate surface area is 51.4 Å². The van der Waals surface area contributed by atoms with Crippen molar-refractivity contribution < 1.29 is 14.4 Å². The first-order chi connectivity index (χ1) is 4.16. The molecule has 0 rings (SSSR count). The van der Waals surface area contributed by atoms with Gasteiger partial charge in [0, 0.05) is 6.08 Å². The van der Waals surface area contributed by atoms with Gasteiger partial charge in [-0.3, -0.25) is 0 Å². The Morgan fingerprint density at radius 3 is 2.56 bits per heavy atom. The fourth-order valence-electron chi connectivity index (χ4n) is 0.142. The van der Waals surface area contributed by atoms with Gasteiger partial charge in [-0.25, -0.2) is 9.59 Å². The van der Waals surface area contributed by atoms with E-state index in [1.807, 2.05) is 0 Å². The van der Waals surface area contributed by atoms with E-state index >= 15 is 0 Å². The molecule has 9 heavy (non-hydrogen) atoms. The average Bonchev–Trinajstić information content (AvgIpc) is 1.83. The Hall–Kier alpha value is -1.52. The maximum atomic E-state index is 10.1. The summed E-state index contributed by atoms with van der Waals surface area (Å²) in [6.45, 7) is 3.07. The first kappa shape index (κ1) is 7.48. The van der Waals surface area contributed by atoms with Crippen molar-refractivity contribution in [3.8, 4) is 0 Å². The number of urea groups is 1. The van der Waals surface area contributed by atoms with Crippen LogP contribution in [-0.4, -0.2) is 12.0 Å². The molecule has 5 heteroatoms. The van der Waals surface area contributed by atoms with Crippen LogP contribution in [0.2, 0.25) is 0 Å². The molecule has 0 heterocycles. The maximum absolute atomic E-state index is 10.1. The molecule has 0 aliphatic rings. The molecule has 0 aliphatic carbocycles. The van der Waals surface area contributed by atoms with Crippen LogP contribution in [0, 0.1) is 0 Å². The summed E-state index contributed by atoms with van der Waals surface area (Å²) in [5.74, 6) is -0.756. The predicted octanol–water partition coefficient (Wildman–Crippen LogP) is -0.701. The molecule has 5 nitrogen and oxygen atoms in total. The Kier molecular flexibility index (Phi) is 2.89. The number of primary amides is 1. The largest absolute Gasteiger partial charge is 0.355 e. The standard InChI is InChI=1S/C4H6N2O3/c1-2-3(7)9-6-4(5)8/h2H,1H2,(H3,5,6,8). The molecule has 0 spiro atoms. The number of hydroxylamine groups is 1. The van der Waals surface area contributed by atoms with Crippen LogP contribution in [-0.2, 0) is 9.63 Å². The molecule has 0 aromatic rings. The number of hydrogen-bond acceptors (Lipinski definition) is 3. The van der Waals surface area contributed by atoms with Crippen molar-refractivity contribution in [2.24, 2.45) is 5.73 Å². The third-order valence-corrected chi connectivity index (χ3v) is 0.419. The normalized spacial score (nSPS) is 7.56. The van der Waals surface area contributed by atoms with Crippen molar-refractivity contribution in [1.82, 2.24) is 5.48 Å². The summed E-state index contributed by atoms with van der Waals surface area (Å²) >= 11 is 0. The zero-order chi connectivity index (χ0) is 7.28. The van der Waals surface area contributed by atoms with Crippen molar-refractivity contribution in [2.45, 2.75) is 0 Å². The summed E-state index contributed by atoms with van der Waals surface area (Å²) in [7, 11) is 0. The van der Waals surface area contributed by atoms with E-state index < -0.39 is 12.0 Å². The Morgan fingerprint density at radius 2 is 2.22 bits per heavy atom. The molecule has 2 amide bonds. The van der Waals surface area contributed by atoms with E-state index in [0.717, 1.165) is 6.08 Å². The summed E-state index contributed by atoms with van der Waals surface area (Å²) in [6.07, 6.45) is 0.899. The fraction of sp³-hybridized carbons (Fsp3) is 0. The molecule has 0 aliphatic heterocycles. The number of nitrogens with one attached hydrogen (secondary N) is 1. The summed E-state index contributed by atoms with van der Waals surface area (Å²) in [5, 5.41) is 0. The van der Waals surface area contributed by atoms with Crippen LogP contribution in [0.4, 0.5) is 4.79 Å². The van der Waals surface area contributed by atoms with Crippen molar-refractivity contribution in [3.05, 3.63) is 12.7 Å². The van der Waals surface area contributed by atoms with E-state index in [-0.39, 0.29) is 0 Å². The molecule has 3 N–H and O–H groups in total. The minimum Gasteiger partial charge on any atom is -0.349 e. The molecule has 0 bridgehead atoms. The quantitative estimate of drug-likeness (QED) is 0.363. The second kappa shape index (κ2) is 3.48. The van der Waals surface area contributed by atoms with Crippen molar-refractivity contribution in [2.75, 3.05) is 0 Å². The predicted molar refractivity (Wildman–Crippen MR) is 29.0 cm³/mol. The lowest BCUT2D eigenvalue weighted by Gasteiger charge is -1.96. The van der Waals surface area contributed by atoms with E-state index in [2.05, 4.69) is 17.2 Å². The third kappa shape index (κ3) is 4.33.